The zero-order valence-electron chi connectivity index (χ0n) is 11.8. The predicted octanol–water partition coefficient (Wildman–Crippen LogP) is 2.78. The lowest BCUT2D eigenvalue weighted by molar-refractivity contribution is 0.269. The molecule has 3 N–H and O–H groups in total. The molecule has 2 unspecified atom stereocenters. The molecule has 0 aromatic heterocycles. The van der Waals surface area contributed by atoms with Crippen LogP contribution in [0.5, 0.6) is 0 Å². The summed E-state index contributed by atoms with van der Waals surface area (Å²) in [6.07, 6.45) is 6.08. The molecule has 0 spiro atoms. The molecule has 3 heteroatoms. The van der Waals surface area contributed by atoms with E-state index in [2.05, 4.69) is 5.32 Å². The average Bonchev–Trinajstić information content (AvgIpc) is 2.42. The third-order valence-electron chi connectivity index (χ3n) is 4.32. The molecule has 1 aliphatic rings. The van der Waals surface area contributed by atoms with E-state index < -0.39 is 0 Å². The van der Waals surface area contributed by atoms with Crippen LogP contribution in [0.2, 0.25) is 0 Å². The maximum Gasteiger partial charge on any atom is 0.123 e. The van der Waals surface area contributed by atoms with Gasteiger partial charge in [-0.2, -0.15) is 0 Å². The van der Waals surface area contributed by atoms with Gasteiger partial charge >= 0.3 is 0 Å². The topological polar surface area (TPSA) is 38.0 Å². The highest BCUT2D eigenvalue weighted by Crippen LogP contribution is 2.23. The minimum atomic E-state index is -0.148. The van der Waals surface area contributed by atoms with Crippen molar-refractivity contribution in [1.29, 1.82) is 0 Å². The molecule has 2 atom stereocenters. The minimum absolute atomic E-state index is 0.148. The maximum absolute atomic E-state index is 13.0. The zero-order chi connectivity index (χ0) is 13.7. The smallest absolute Gasteiger partial charge is 0.123 e. The molecule has 0 heterocycles. The summed E-state index contributed by atoms with van der Waals surface area (Å²) in [6.45, 7) is 3.71. The van der Waals surface area contributed by atoms with E-state index >= 15 is 0 Å². The Morgan fingerprint density at radius 3 is 2.84 bits per heavy atom. The van der Waals surface area contributed by atoms with Gasteiger partial charge in [-0.1, -0.05) is 18.9 Å². The van der Waals surface area contributed by atoms with Gasteiger partial charge in [0.2, 0.25) is 0 Å². The van der Waals surface area contributed by atoms with Crippen molar-refractivity contribution in [2.24, 2.45) is 11.7 Å². The lowest BCUT2D eigenvalue weighted by atomic mass is 9.84. The number of hydrogen-bond donors (Lipinski definition) is 2. The van der Waals surface area contributed by atoms with E-state index in [1.165, 1.54) is 31.2 Å². The van der Waals surface area contributed by atoms with Crippen molar-refractivity contribution >= 4 is 0 Å². The van der Waals surface area contributed by atoms with Gasteiger partial charge in [-0.25, -0.2) is 4.39 Å². The van der Waals surface area contributed by atoms with Crippen LogP contribution in [-0.2, 0) is 6.42 Å². The Hall–Kier alpha value is -0.930. The number of nitrogens with one attached hydrogen (secondary N) is 1. The van der Waals surface area contributed by atoms with Crippen LogP contribution < -0.4 is 11.1 Å². The molecule has 1 aliphatic carbocycles. The van der Waals surface area contributed by atoms with Crippen molar-refractivity contribution in [3.8, 4) is 0 Å². The number of halogens is 1. The normalized spacial score (nSPS) is 23.5. The first kappa shape index (κ1) is 14.5. The summed E-state index contributed by atoms with van der Waals surface area (Å²) in [5.74, 6) is 0.479. The molecular formula is C16H25FN2. The average molecular weight is 264 g/mol. The Labute approximate surface area is 115 Å². The quantitative estimate of drug-likeness (QED) is 0.858. The van der Waals surface area contributed by atoms with Gasteiger partial charge < -0.3 is 11.1 Å². The van der Waals surface area contributed by atoms with Crippen molar-refractivity contribution < 1.29 is 4.39 Å². The van der Waals surface area contributed by atoms with Crippen molar-refractivity contribution in [3.63, 3.8) is 0 Å². The fourth-order valence-corrected chi connectivity index (χ4v) is 3.09. The number of aryl methyl sites for hydroxylation is 1. The van der Waals surface area contributed by atoms with Gasteiger partial charge in [-0.05, 0) is 68.5 Å². The van der Waals surface area contributed by atoms with E-state index in [0.717, 1.165) is 25.1 Å². The molecule has 0 saturated heterocycles. The lowest BCUT2D eigenvalue weighted by Gasteiger charge is -2.31. The number of benzene rings is 1. The Bertz CT molecular complexity index is 406. The molecule has 2 nitrogen and oxygen atoms in total. The van der Waals surface area contributed by atoms with Crippen LogP contribution >= 0.6 is 0 Å². The van der Waals surface area contributed by atoms with E-state index in [1.807, 2.05) is 13.0 Å². The fourth-order valence-electron chi connectivity index (χ4n) is 3.09. The molecule has 0 radical (unpaired) electrons. The largest absolute Gasteiger partial charge is 0.330 e. The van der Waals surface area contributed by atoms with Gasteiger partial charge in [0, 0.05) is 6.04 Å². The second-order valence-corrected chi connectivity index (χ2v) is 5.66. The molecule has 19 heavy (non-hydrogen) atoms. The number of hydrogen-bond acceptors (Lipinski definition) is 2. The molecule has 0 aliphatic heterocycles. The van der Waals surface area contributed by atoms with Gasteiger partial charge in [0.25, 0.3) is 0 Å². The van der Waals surface area contributed by atoms with E-state index in [9.17, 15) is 4.39 Å². The van der Waals surface area contributed by atoms with Crippen LogP contribution in [0, 0.1) is 18.7 Å². The molecule has 106 valence electrons. The molecule has 2 rings (SSSR count). The summed E-state index contributed by atoms with van der Waals surface area (Å²) in [5.41, 5.74) is 8.11. The molecule has 1 aromatic carbocycles. The second kappa shape index (κ2) is 7.01. The SMILES string of the molecule is Cc1cc(F)ccc1CCNC1CCCCC1CN. The summed E-state index contributed by atoms with van der Waals surface area (Å²) in [5, 5.41) is 3.64. The molecule has 0 bridgehead atoms. The van der Waals surface area contributed by atoms with E-state index in [0.29, 0.717) is 12.0 Å². The van der Waals surface area contributed by atoms with Gasteiger partial charge in [0.15, 0.2) is 0 Å². The van der Waals surface area contributed by atoms with Crippen molar-refractivity contribution in [1.82, 2.24) is 5.32 Å². The van der Waals surface area contributed by atoms with Crippen LogP contribution in [0.15, 0.2) is 18.2 Å². The molecule has 1 saturated carbocycles. The monoisotopic (exact) mass is 264 g/mol. The maximum atomic E-state index is 13.0. The highest BCUT2D eigenvalue weighted by atomic mass is 19.1. The van der Waals surface area contributed by atoms with Gasteiger partial charge in [0.05, 0.1) is 0 Å². The highest BCUT2D eigenvalue weighted by Gasteiger charge is 2.22. The van der Waals surface area contributed by atoms with Crippen molar-refractivity contribution in [3.05, 3.63) is 35.1 Å². The molecular weight excluding hydrogens is 239 g/mol. The molecule has 0 amide bonds. The third-order valence-corrected chi connectivity index (χ3v) is 4.32. The Morgan fingerprint density at radius 1 is 1.32 bits per heavy atom. The summed E-state index contributed by atoms with van der Waals surface area (Å²) in [6, 6.07) is 5.62. The zero-order valence-corrected chi connectivity index (χ0v) is 11.8. The standard InChI is InChI=1S/C16H25FN2/c1-12-10-15(17)7-6-13(12)8-9-19-16-5-3-2-4-14(16)11-18/h6-7,10,14,16,19H,2-5,8-9,11,18H2,1H3. The summed E-state index contributed by atoms with van der Waals surface area (Å²) in [7, 11) is 0. The molecule has 1 fully saturated rings. The van der Waals surface area contributed by atoms with Crippen molar-refractivity contribution in [2.75, 3.05) is 13.1 Å². The van der Waals surface area contributed by atoms with Gasteiger partial charge in [-0.3, -0.25) is 0 Å². The van der Waals surface area contributed by atoms with Crippen molar-refractivity contribution in [2.45, 2.75) is 45.1 Å². The Morgan fingerprint density at radius 2 is 2.11 bits per heavy atom. The van der Waals surface area contributed by atoms with Crippen LogP contribution in [0.25, 0.3) is 0 Å². The van der Waals surface area contributed by atoms with Crippen LogP contribution in [0.1, 0.15) is 36.8 Å². The number of rotatable bonds is 5. The first-order chi connectivity index (χ1) is 9.20. The third kappa shape index (κ3) is 4.02. The fraction of sp³-hybridized carbons (Fsp3) is 0.625. The lowest BCUT2D eigenvalue weighted by Crippen LogP contribution is -2.42. The van der Waals surface area contributed by atoms with E-state index in [-0.39, 0.29) is 5.82 Å². The first-order valence-electron chi connectivity index (χ1n) is 7.39. The predicted molar refractivity (Wildman–Crippen MR) is 77.6 cm³/mol. The van der Waals surface area contributed by atoms with Gasteiger partial charge in [-0.15, -0.1) is 0 Å². The molecule has 1 aromatic rings. The summed E-state index contributed by atoms with van der Waals surface area (Å²) < 4.78 is 13.0. The Balaban J connectivity index is 1.82. The summed E-state index contributed by atoms with van der Waals surface area (Å²) in [4.78, 5) is 0. The second-order valence-electron chi connectivity index (χ2n) is 5.66. The highest BCUT2D eigenvalue weighted by molar-refractivity contribution is 5.26. The first-order valence-corrected chi connectivity index (χ1v) is 7.39. The van der Waals surface area contributed by atoms with Crippen LogP contribution in [0.4, 0.5) is 4.39 Å². The van der Waals surface area contributed by atoms with E-state index in [1.54, 1.807) is 12.1 Å². The number of nitrogens with two attached hydrogens (primary N) is 1. The van der Waals surface area contributed by atoms with Crippen LogP contribution in [0.3, 0.4) is 0 Å². The minimum Gasteiger partial charge on any atom is -0.330 e. The van der Waals surface area contributed by atoms with Crippen LogP contribution in [-0.4, -0.2) is 19.1 Å². The summed E-state index contributed by atoms with van der Waals surface area (Å²) >= 11 is 0. The van der Waals surface area contributed by atoms with E-state index in [4.69, 9.17) is 5.73 Å². The Kier molecular flexibility index (Phi) is 5.34. The van der Waals surface area contributed by atoms with Gasteiger partial charge in [0.1, 0.15) is 5.82 Å².